The van der Waals surface area contributed by atoms with Crippen LogP contribution in [0, 0.1) is 11.3 Å². The van der Waals surface area contributed by atoms with Crippen LogP contribution < -0.4 is 4.74 Å². The third kappa shape index (κ3) is 2.15. The Morgan fingerprint density at radius 2 is 2.05 bits per heavy atom. The van der Waals surface area contributed by atoms with Crippen LogP contribution in [0.2, 0.25) is 5.15 Å². The Balaban J connectivity index is 1.98. The van der Waals surface area contributed by atoms with Gasteiger partial charge in [-0.1, -0.05) is 29.8 Å². The van der Waals surface area contributed by atoms with Crippen LogP contribution >= 0.6 is 11.6 Å². The molecule has 1 fully saturated rings. The number of benzene rings is 1. The lowest BCUT2D eigenvalue weighted by Crippen LogP contribution is -2.05. The average Bonchev–Trinajstić information content (AvgIpc) is 3.23. The molecule has 0 amide bonds. The molecule has 1 saturated carbocycles. The lowest BCUT2D eigenvalue weighted by Gasteiger charge is -2.13. The Labute approximate surface area is 120 Å². The molecule has 3 rings (SSSR count). The van der Waals surface area contributed by atoms with Crippen molar-refractivity contribution in [1.29, 1.82) is 5.26 Å². The third-order valence-corrected chi connectivity index (χ3v) is 3.47. The largest absolute Gasteiger partial charge is 0.503 e. The van der Waals surface area contributed by atoms with Gasteiger partial charge in [-0.2, -0.15) is 5.26 Å². The quantitative estimate of drug-likeness (QED) is 0.938. The van der Waals surface area contributed by atoms with Crippen LogP contribution in [0.15, 0.2) is 30.3 Å². The van der Waals surface area contributed by atoms with Gasteiger partial charge in [-0.3, -0.25) is 0 Å². The normalized spacial score (nSPS) is 15.4. The van der Waals surface area contributed by atoms with Gasteiger partial charge in [0.1, 0.15) is 5.75 Å². The standard InChI is InChI=1S/C14H10ClN3O2/c15-12-7-10(19)13(18-17-12)20-11-4-2-1-3-9(11)14(8-16)5-6-14/h1-4,7H,5-6H2,(H,17,19). The summed E-state index contributed by atoms with van der Waals surface area (Å²) in [6.45, 7) is 0. The van der Waals surface area contributed by atoms with Gasteiger partial charge in [0.25, 0.3) is 5.88 Å². The van der Waals surface area contributed by atoms with Crippen molar-refractivity contribution in [1.82, 2.24) is 10.2 Å². The van der Waals surface area contributed by atoms with Crippen LogP contribution in [0.5, 0.6) is 17.4 Å². The van der Waals surface area contributed by atoms with E-state index < -0.39 is 5.41 Å². The molecule has 1 aromatic carbocycles. The molecular formula is C14H10ClN3O2. The zero-order valence-electron chi connectivity index (χ0n) is 10.4. The number of aromatic nitrogens is 2. The Morgan fingerprint density at radius 1 is 1.30 bits per heavy atom. The van der Waals surface area contributed by atoms with Gasteiger partial charge in [-0.25, -0.2) is 0 Å². The van der Waals surface area contributed by atoms with Crippen molar-refractivity contribution in [2.75, 3.05) is 0 Å². The number of nitriles is 1. The first-order valence-corrected chi connectivity index (χ1v) is 6.43. The lowest BCUT2D eigenvalue weighted by molar-refractivity contribution is 0.388. The molecule has 0 atom stereocenters. The van der Waals surface area contributed by atoms with Crippen molar-refractivity contribution >= 4 is 11.6 Å². The number of halogens is 1. The summed E-state index contributed by atoms with van der Waals surface area (Å²) in [5.74, 6) is 0.274. The minimum Gasteiger partial charge on any atom is -0.503 e. The van der Waals surface area contributed by atoms with E-state index in [2.05, 4.69) is 16.3 Å². The molecule has 0 saturated heterocycles. The monoisotopic (exact) mass is 287 g/mol. The van der Waals surface area contributed by atoms with Gasteiger partial charge in [0, 0.05) is 11.6 Å². The number of rotatable bonds is 3. The van der Waals surface area contributed by atoms with E-state index in [1.807, 2.05) is 12.1 Å². The predicted octanol–water partition coefficient (Wildman–Crippen LogP) is 3.18. The number of hydrogen-bond acceptors (Lipinski definition) is 5. The fourth-order valence-corrected chi connectivity index (χ4v) is 2.18. The lowest BCUT2D eigenvalue weighted by atomic mass is 9.97. The van der Waals surface area contributed by atoms with E-state index in [-0.39, 0.29) is 16.8 Å². The zero-order valence-corrected chi connectivity index (χ0v) is 11.1. The second kappa shape index (κ2) is 4.66. The Bertz CT molecular complexity index is 708. The Hall–Kier alpha value is -2.32. The second-order valence-electron chi connectivity index (χ2n) is 4.65. The smallest absolute Gasteiger partial charge is 0.281 e. The molecule has 20 heavy (non-hydrogen) atoms. The van der Waals surface area contributed by atoms with E-state index in [9.17, 15) is 10.4 Å². The van der Waals surface area contributed by atoms with Crippen molar-refractivity contribution in [2.24, 2.45) is 0 Å². The maximum atomic E-state index is 9.74. The van der Waals surface area contributed by atoms with Gasteiger partial charge >= 0.3 is 0 Å². The van der Waals surface area contributed by atoms with Crippen molar-refractivity contribution in [3.8, 4) is 23.4 Å². The van der Waals surface area contributed by atoms with Gasteiger partial charge < -0.3 is 9.84 Å². The van der Waals surface area contributed by atoms with Crippen LogP contribution in [-0.4, -0.2) is 15.3 Å². The van der Waals surface area contributed by atoms with E-state index in [4.69, 9.17) is 16.3 Å². The SMILES string of the molecule is N#CC1(c2ccccc2Oc2nnc(Cl)cc2O)CC1. The van der Waals surface area contributed by atoms with Crippen LogP contribution in [0.4, 0.5) is 0 Å². The van der Waals surface area contributed by atoms with Crippen molar-refractivity contribution in [3.05, 3.63) is 41.0 Å². The van der Waals surface area contributed by atoms with Gasteiger partial charge in [0.05, 0.1) is 11.5 Å². The molecule has 1 aliphatic rings. The Morgan fingerprint density at radius 3 is 2.70 bits per heavy atom. The first-order valence-electron chi connectivity index (χ1n) is 6.05. The van der Waals surface area contributed by atoms with Gasteiger partial charge in [-0.15, -0.1) is 10.2 Å². The minimum absolute atomic E-state index is 0.0319. The Kier molecular flexibility index (Phi) is 2.96. The summed E-state index contributed by atoms with van der Waals surface area (Å²) in [5, 5.41) is 26.5. The molecule has 0 spiro atoms. The molecule has 0 aliphatic heterocycles. The summed E-state index contributed by atoms with van der Waals surface area (Å²) in [6.07, 6.45) is 1.62. The average molecular weight is 288 g/mol. The molecule has 2 aromatic rings. The van der Waals surface area contributed by atoms with E-state index in [1.165, 1.54) is 6.07 Å². The molecule has 1 heterocycles. The predicted molar refractivity (Wildman–Crippen MR) is 71.7 cm³/mol. The molecule has 6 heteroatoms. The van der Waals surface area contributed by atoms with Gasteiger partial charge in [0.15, 0.2) is 10.9 Å². The number of para-hydroxylation sites is 1. The summed E-state index contributed by atoms with van der Waals surface area (Å²) in [5.41, 5.74) is 0.324. The van der Waals surface area contributed by atoms with E-state index in [0.29, 0.717) is 5.75 Å². The number of hydrogen-bond donors (Lipinski definition) is 1. The maximum Gasteiger partial charge on any atom is 0.281 e. The maximum absolute atomic E-state index is 9.74. The fraction of sp³-hybridized carbons (Fsp3) is 0.214. The summed E-state index contributed by atoms with van der Waals surface area (Å²) >= 11 is 5.62. The summed E-state index contributed by atoms with van der Waals surface area (Å²) in [7, 11) is 0. The van der Waals surface area contributed by atoms with Crippen LogP contribution in [0.25, 0.3) is 0 Å². The van der Waals surface area contributed by atoms with Gasteiger partial charge in [0.2, 0.25) is 0 Å². The summed E-state index contributed by atoms with van der Waals surface area (Å²) < 4.78 is 5.59. The molecular weight excluding hydrogens is 278 g/mol. The summed E-state index contributed by atoms with van der Waals surface area (Å²) in [6, 6.07) is 10.8. The van der Waals surface area contributed by atoms with E-state index in [1.54, 1.807) is 12.1 Å². The number of ether oxygens (including phenoxy) is 1. The highest BCUT2D eigenvalue weighted by Crippen LogP contribution is 2.51. The molecule has 1 N–H and O–H groups in total. The summed E-state index contributed by atoms with van der Waals surface area (Å²) in [4.78, 5) is 0. The van der Waals surface area contributed by atoms with E-state index >= 15 is 0 Å². The van der Waals surface area contributed by atoms with Crippen LogP contribution in [-0.2, 0) is 5.41 Å². The van der Waals surface area contributed by atoms with Crippen molar-refractivity contribution in [2.45, 2.75) is 18.3 Å². The zero-order chi connectivity index (χ0) is 14.2. The van der Waals surface area contributed by atoms with Crippen molar-refractivity contribution in [3.63, 3.8) is 0 Å². The molecule has 1 aliphatic carbocycles. The fourth-order valence-electron chi connectivity index (χ4n) is 2.04. The highest BCUT2D eigenvalue weighted by Gasteiger charge is 2.46. The molecule has 5 nitrogen and oxygen atoms in total. The number of aromatic hydroxyl groups is 1. The number of nitrogens with zero attached hydrogens (tertiary/aromatic N) is 3. The topological polar surface area (TPSA) is 79.0 Å². The highest BCUT2D eigenvalue weighted by molar-refractivity contribution is 6.29. The first-order chi connectivity index (χ1) is 9.64. The molecule has 0 radical (unpaired) electrons. The molecule has 1 aromatic heterocycles. The molecule has 100 valence electrons. The molecule has 0 bridgehead atoms. The van der Waals surface area contributed by atoms with Crippen LogP contribution in [0.3, 0.4) is 0 Å². The van der Waals surface area contributed by atoms with Crippen molar-refractivity contribution < 1.29 is 9.84 Å². The van der Waals surface area contributed by atoms with Gasteiger partial charge in [-0.05, 0) is 18.9 Å². The third-order valence-electron chi connectivity index (χ3n) is 3.28. The van der Waals surface area contributed by atoms with E-state index in [0.717, 1.165) is 18.4 Å². The minimum atomic E-state index is -0.480. The first kappa shape index (κ1) is 12.7. The molecule has 0 unspecified atom stereocenters. The van der Waals surface area contributed by atoms with Crippen LogP contribution in [0.1, 0.15) is 18.4 Å². The highest BCUT2D eigenvalue weighted by atomic mass is 35.5. The second-order valence-corrected chi connectivity index (χ2v) is 5.04.